The van der Waals surface area contributed by atoms with Crippen molar-refractivity contribution in [2.24, 2.45) is 0 Å². The van der Waals surface area contributed by atoms with Gasteiger partial charge in [-0.2, -0.15) is 0 Å². The fourth-order valence-electron chi connectivity index (χ4n) is 1.33. The summed E-state index contributed by atoms with van der Waals surface area (Å²) in [6.07, 6.45) is -0.196. The number of carbonyl (C=O) groups excluding carboxylic acids is 1. The van der Waals surface area contributed by atoms with E-state index in [9.17, 15) is 9.59 Å². The topological polar surface area (TPSA) is 76.1 Å². The van der Waals surface area contributed by atoms with Crippen LogP contribution in [0.5, 0.6) is 0 Å². The molecule has 0 saturated carbocycles. The van der Waals surface area contributed by atoms with Crippen molar-refractivity contribution in [1.82, 2.24) is 4.90 Å². The van der Waals surface area contributed by atoms with Gasteiger partial charge in [0, 0.05) is 14.2 Å². The molecule has 18 heavy (non-hydrogen) atoms. The molecule has 0 aliphatic rings. The third-order valence-corrected chi connectivity index (χ3v) is 2.17. The van der Waals surface area contributed by atoms with Gasteiger partial charge in [-0.15, -0.1) is 6.58 Å². The van der Waals surface area contributed by atoms with Crippen LogP contribution in [0.2, 0.25) is 0 Å². The molecular formula is C12H21NO5. The van der Waals surface area contributed by atoms with E-state index in [-0.39, 0.29) is 0 Å². The van der Waals surface area contributed by atoms with E-state index in [0.717, 1.165) is 4.90 Å². The summed E-state index contributed by atoms with van der Waals surface area (Å²) in [5, 5.41) is 9.15. The molecule has 0 aromatic rings. The highest BCUT2D eigenvalue weighted by molar-refractivity contribution is 5.81. The van der Waals surface area contributed by atoms with E-state index in [2.05, 4.69) is 6.58 Å². The highest BCUT2D eigenvalue weighted by Gasteiger charge is 2.35. The average molecular weight is 259 g/mol. The van der Waals surface area contributed by atoms with Crippen molar-refractivity contribution >= 4 is 12.1 Å². The van der Waals surface area contributed by atoms with E-state index in [1.807, 2.05) is 0 Å². The maximum Gasteiger partial charge on any atom is 0.410 e. The first-order valence-corrected chi connectivity index (χ1v) is 5.48. The largest absolute Gasteiger partial charge is 0.480 e. The Bertz CT molecular complexity index is 321. The second kappa shape index (κ2) is 6.39. The van der Waals surface area contributed by atoms with Crippen LogP contribution in [0.4, 0.5) is 4.79 Å². The Morgan fingerprint density at radius 2 is 1.89 bits per heavy atom. The molecule has 0 bridgehead atoms. The van der Waals surface area contributed by atoms with Gasteiger partial charge in [0.1, 0.15) is 11.7 Å². The van der Waals surface area contributed by atoms with Gasteiger partial charge in [0.05, 0.1) is 0 Å². The highest BCUT2D eigenvalue weighted by atomic mass is 16.6. The maximum atomic E-state index is 11.8. The lowest BCUT2D eigenvalue weighted by Crippen LogP contribution is -2.51. The summed E-state index contributed by atoms with van der Waals surface area (Å²) in [4.78, 5) is 24.0. The summed E-state index contributed by atoms with van der Waals surface area (Å²) < 4.78 is 10.1. The van der Waals surface area contributed by atoms with Gasteiger partial charge in [0.2, 0.25) is 0 Å². The number of ether oxygens (including phenoxy) is 2. The van der Waals surface area contributed by atoms with Crippen LogP contribution in [0.25, 0.3) is 0 Å². The number of rotatable bonds is 5. The predicted molar refractivity (Wildman–Crippen MR) is 66.4 cm³/mol. The molecule has 0 aromatic carbocycles. The molecule has 0 unspecified atom stereocenters. The first-order chi connectivity index (χ1) is 8.14. The number of hydrogen-bond acceptors (Lipinski definition) is 4. The highest BCUT2D eigenvalue weighted by Crippen LogP contribution is 2.14. The quantitative estimate of drug-likeness (QED) is 0.757. The molecule has 6 heteroatoms. The minimum Gasteiger partial charge on any atom is -0.480 e. The minimum atomic E-state index is -1.19. The summed E-state index contributed by atoms with van der Waals surface area (Å²) in [6.45, 7) is 8.60. The molecule has 0 fully saturated rings. The second-order valence-corrected chi connectivity index (χ2v) is 4.81. The molecule has 0 heterocycles. The van der Waals surface area contributed by atoms with E-state index in [1.54, 1.807) is 20.8 Å². The van der Waals surface area contributed by atoms with Crippen molar-refractivity contribution in [3.63, 3.8) is 0 Å². The molecule has 1 amide bonds. The van der Waals surface area contributed by atoms with Gasteiger partial charge in [-0.05, 0) is 20.8 Å². The lowest BCUT2D eigenvalue weighted by molar-refractivity contribution is -0.146. The molecule has 0 spiro atoms. The number of carboxylic acids is 1. The molecule has 0 radical (unpaired) electrons. The zero-order chi connectivity index (χ0) is 14.5. The summed E-state index contributed by atoms with van der Waals surface area (Å²) in [5.41, 5.74) is -0.689. The summed E-state index contributed by atoms with van der Waals surface area (Å²) in [6, 6.07) is -1.18. The van der Waals surface area contributed by atoms with Crippen molar-refractivity contribution in [3.05, 3.63) is 12.7 Å². The van der Waals surface area contributed by atoms with Crippen molar-refractivity contribution in [2.45, 2.75) is 38.5 Å². The van der Waals surface area contributed by atoms with E-state index >= 15 is 0 Å². The Morgan fingerprint density at radius 3 is 2.17 bits per heavy atom. The van der Waals surface area contributed by atoms with Crippen LogP contribution in [-0.4, -0.2) is 54.0 Å². The van der Waals surface area contributed by atoms with Crippen LogP contribution in [-0.2, 0) is 14.3 Å². The van der Waals surface area contributed by atoms with Gasteiger partial charge in [-0.3, -0.25) is 4.90 Å². The van der Waals surface area contributed by atoms with Gasteiger partial charge in [-0.25, -0.2) is 9.59 Å². The maximum absolute atomic E-state index is 11.8. The first kappa shape index (κ1) is 16.4. The molecule has 0 aliphatic heterocycles. The average Bonchev–Trinajstić information content (AvgIpc) is 2.21. The molecule has 2 atom stereocenters. The smallest absolute Gasteiger partial charge is 0.410 e. The fraction of sp³-hybridized carbons (Fsp3) is 0.667. The molecule has 6 nitrogen and oxygen atoms in total. The monoisotopic (exact) mass is 259 g/mol. The van der Waals surface area contributed by atoms with Crippen molar-refractivity contribution < 1.29 is 24.2 Å². The molecule has 0 rings (SSSR count). The number of carboxylic acid groups (broad SMARTS) is 1. The lowest BCUT2D eigenvalue weighted by Gasteiger charge is -2.31. The Labute approximate surface area is 107 Å². The number of methoxy groups -OCH3 is 1. The van der Waals surface area contributed by atoms with E-state index in [4.69, 9.17) is 14.6 Å². The van der Waals surface area contributed by atoms with Crippen LogP contribution in [0.3, 0.4) is 0 Å². The van der Waals surface area contributed by atoms with E-state index < -0.39 is 29.8 Å². The number of aliphatic carboxylic acids is 1. The van der Waals surface area contributed by atoms with Gasteiger partial charge in [-0.1, -0.05) is 6.08 Å². The zero-order valence-electron chi connectivity index (χ0n) is 11.5. The number of nitrogens with zero attached hydrogens (tertiary/aromatic N) is 1. The third-order valence-electron chi connectivity index (χ3n) is 2.17. The van der Waals surface area contributed by atoms with Crippen molar-refractivity contribution in [2.75, 3.05) is 14.2 Å². The SMILES string of the molecule is C=C[C@H](OC)[C@H](C(=O)O)N(C)C(=O)OC(C)(C)C. The van der Waals surface area contributed by atoms with Gasteiger partial charge in [0.25, 0.3) is 0 Å². The lowest BCUT2D eigenvalue weighted by atomic mass is 10.1. The van der Waals surface area contributed by atoms with Crippen LogP contribution >= 0.6 is 0 Å². The standard InChI is InChI=1S/C12H21NO5/c1-7-8(17-6)9(10(14)15)13(5)11(16)18-12(2,3)4/h7-9H,1H2,2-6H3,(H,14,15)/t8-,9+/m0/s1. The van der Waals surface area contributed by atoms with Crippen LogP contribution in [0, 0.1) is 0 Å². The normalized spacial score (nSPS) is 14.5. The third kappa shape index (κ3) is 4.75. The Kier molecular flexibility index (Phi) is 5.84. The first-order valence-electron chi connectivity index (χ1n) is 5.48. The molecule has 0 aliphatic carbocycles. The van der Waals surface area contributed by atoms with Crippen molar-refractivity contribution in [1.29, 1.82) is 0 Å². The number of likely N-dealkylation sites (N-methyl/N-ethyl adjacent to an activating group) is 1. The van der Waals surface area contributed by atoms with Gasteiger partial charge < -0.3 is 14.6 Å². The summed E-state index contributed by atoms with van der Waals surface area (Å²) in [7, 11) is 2.70. The Morgan fingerprint density at radius 1 is 1.39 bits per heavy atom. The number of hydrogen-bond donors (Lipinski definition) is 1. The van der Waals surface area contributed by atoms with Gasteiger partial charge in [0.15, 0.2) is 6.04 Å². The van der Waals surface area contributed by atoms with E-state index in [1.165, 1.54) is 20.2 Å². The number of amides is 1. The molecule has 104 valence electrons. The molecular weight excluding hydrogens is 238 g/mol. The molecule has 0 aromatic heterocycles. The summed E-state index contributed by atoms with van der Waals surface area (Å²) in [5.74, 6) is -1.19. The summed E-state index contributed by atoms with van der Waals surface area (Å²) >= 11 is 0. The van der Waals surface area contributed by atoms with Gasteiger partial charge >= 0.3 is 12.1 Å². The predicted octanol–water partition coefficient (Wildman–Crippen LogP) is 1.51. The zero-order valence-corrected chi connectivity index (χ0v) is 11.5. The Hall–Kier alpha value is -1.56. The van der Waals surface area contributed by atoms with Crippen LogP contribution in [0.15, 0.2) is 12.7 Å². The Balaban J connectivity index is 4.98. The molecule has 1 N–H and O–H groups in total. The van der Waals surface area contributed by atoms with Crippen LogP contribution < -0.4 is 0 Å². The van der Waals surface area contributed by atoms with Crippen molar-refractivity contribution in [3.8, 4) is 0 Å². The van der Waals surface area contributed by atoms with Crippen LogP contribution in [0.1, 0.15) is 20.8 Å². The second-order valence-electron chi connectivity index (χ2n) is 4.81. The minimum absolute atomic E-state index is 0.689. The molecule has 0 saturated heterocycles. The fourth-order valence-corrected chi connectivity index (χ4v) is 1.33. The number of carbonyl (C=O) groups is 2. The van der Waals surface area contributed by atoms with E-state index in [0.29, 0.717) is 0 Å².